The number of rotatable bonds is 2. The summed E-state index contributed by atoms with van der Waals surface area (Å²) in [5.41, 5.74) is 7.43. The van der Waals surface area contributed by atoms with Gasteiger partial charge in [0.1, 0.15) is 17.0 Å². The lowest BCUT2D eigenvalue weighted by Crippen LogP contribution is -1.99. The van der Waals surface area contributed by atoms with Crippen molar-refractivity contribution in [2.75, 3.05) is 0 Å². The van der Waals surface area contributed by atoms with Gasteiger partial charge in [0.15, 0.2) is 0 Å². The molecule has 0 fully saturated rings. The van der Waals surface area contributed by atoms with E-state index < -0.39 is 0 Å². The van der Waals surface area contributed by atoms with Gasteiger partial charge in [-0.2, -0.15) is 0 Å². The molecule has 0 aliphatic rings. The van der Waals surface area contributed by atoms with E-state index in [4.69, 9.17) is 9.40 Å². The number of pyridine rings is 1. The van der Waals surface area contributed by atoms with Crippen LogP contribution in [0.3, 0.4) is 0 Å². The molecule has 0 atom stereocenters. The maximum atomic E-state index is 6.36. The van der Waals surface area contributed by atoms with Gasteiger partial charge >= 0.3 is 0 Å². The summed E-state index contributed by atoms with van der Waals surface area (Å²) in [6, 6.07) is 47.5. The second-order valence-corrected chi connectivity index (χ2v) is 12.2. The standard InChI is InChI=1S/C39H22N2OS/c1-5-16-31-23(10-1)30(28-15-9-14-27-25-12-4-8-19-35(25)43-39(27)28)22-36(40-31)41-32-17-6-2-11-24(32)26-20-21-34-37(38(26)41)29-13-3-7-18-33(29)42-34/h1-22H. The molecule has 0 unspecified atom stereocenters. The molecule has 0 aliphatic carbocycles. The highest BCUT2D eigenvalue weighted by atomic mass is 32.1. The zero-order valence-corrected chi connectivity index (χ0v) is 23.7. The van der Waals surface area contributed by atoms with E-state index in [9.17, 15) is 0 Å². The SMILES string of the molecule is c1ccc2c(-c3cccc4c3sc3ccccc34)cc(-n3c4ccccc4c4ccc5oc6ccccc6c5c43)nc2c1. The van der Waals surface area contributed by atoms with Crippen LogP contribution in [-0.4, -0.2) is 9.55 Å². The molecule has 200 valence electrons. The Morgan fingerprint density at radius 3 is 2.21 bits per heavy atom. The fraction of sp³-hybridized carbons (Fsp3) is 0. The molecule has 0 bridgehead atoms. The number of fused-ring (bicyclic) bond motifs is 11. The van der Waals surface area contributed by atoms with E-state index in [1.54, 1.807) is 0 Å². The maximum absolute atomic E-state index is 6.36. The maximum Gasteiger partial charge on any atom is 0.138 e. The Labute approximate surface area is 249 Å². The zero-order chi connectivity index (χ0) is 28.1. The van der Waals surface area contributed by atoms with Gasteiger partial charge in [0.2, 0.25) is 0 Å². The van der Waals surface area contributed by atoms with E-state index in [-0.39, 0.29) is 0 Å². The smallest absolute Gasteiger partial charge is 0.138 e. The summed E-state index contributed by atoms with van der Waals surface area (Å²) < 4.78 is 11.3. The van der Waals surface area contributed by atoms with Gasteiger partial charge in [0.05, 0.1) is 21.9 Å². The normalized spacial score (nSPS) is 12.2. The Morgan fingerprint density at radius 1 is 0.535 bits per heavy atom. The Bertz CT molecular complexity index is 2740. The van der Waals surface area contributed by atoms with Crippen LogP contribution in [0, 0.1) is 0 Å². The Hall–Kier alpha value is -5.45. The number of hydrogen-bond acceptors (Lipinski definition) is 3. The Balaban J connectivity index is 1.38. The fourth-order valence-electron chi connectivity index (χ4n) is 6.96. The molecule has 43 heavy (non-hydrogen) atoms. The average Bonchev–Trinajstić information content (AvgIpc) is 3.73. The predicted octanol–water partition coefficient (Wildman–Crippen LogP) is 11.3. The lowest BCUT2D eigenvalue weighted by molar-refractivity contribution is 0.669. The molecule has 0 radical (unpaired) electrons. The number of furan rings is 1. The zero-order valence-electron chi connectivity index (χ0n) is 22.9. The van der Waals surface area contributed by atoms with Gasteiger partial charge in [0.25, 0.3) is 0 Å². The van der Waals surface area contributed by atoms with Gasteiger partial charge in [-0.25, -0.2) is 4.98 Å². The van der Waals surface area contributed by atoms with Gasteiger partial charge < -0.3 is 4.42 Å². The van der Waals surface area contributed by atoms with Crippen molar-refractivity contribution in [3.63, 3.8) is 0 Å². The first kappa shape index (κ1) is 23.1. The minimum atomic E-state index is 0.883. The van der Waals surface area contributed by atoms with Crippen LogP contribution in [0.4, 0.5) is 0 Å². The van der Waals surface area contributed by atoms with Crippen LogP contribution in [-0.2, 0) is 0 Å². The van der Waals surface area contributed by atoms with Crippen LogP contribution >= 0.6 is 11.3 Å². The molecular weight excluding hydrogens is 545 g/mol. The van der Waals surface area contributed by atoms with Gasteiger partial charge in [-0.15, -0.1) is 11.3 Å². The summed E-state index contributed by atoms with van der Waals surface area (Å²) in [4.78, 5) is 5.33. The molecule has 10 aromatic rings. The molecule has 0 spiro atoms. The van der Waals surface area contributed by atoms with Crippen LogP contribution in [0.5, 0.6) is 0 Å². The Kier molecular flexibility index (Phi) is 4.60. The Morgan fingerprint density at radius 2 is 1.28 bits per heavy atom. The number of nitrogens with zero attached hydrogens (tertiary/aromatic N) is 2. The molecule has 0 N–H and O–H groups in total. The summed E-state index contributed by atoms with van der Waals surface area (Å²) in [6.45, 7) is 0. The van der Waals surface area contributed by atoms with Crippen molar-refractivity contribution in [2.45, 2.75) is 0 Å². The van der Waals surface area contributed by atoms with E-state index in [0.29, 0.717) is 0 Å². The van der Waals surface area contributed by atoms with Gasteiger partial charge in [0, 0.05) is 47.3 Å². The van der Waals surface area contributed by atoms with Crippen molar-refractivity contribution in [1.29, 1.82) is 0 Å². The second-order valence-electron chi connectivity index (χ2n) is 11.1. The largest absolute Gasteiger partial charge is 0.456 e. The molecule has 0 amide bonds. The molecule has 0 saturated carbocycles. The number of thiophene rings is 1. The van der Waals surface area contributed by atoms with Crippen molar-refractivity contribution < 1.29 is 4.42 Å². The number of benzene rings is 6. The number of aromatic nitrogens is 2. The minimum absolute atomic E-state index is 0.883. The van der Waals surface area contributed by atoms with E-state index in [1.165, 1.54) is 42.1 Å². The third kappa shape index (κ3) is 3.16. The quantitative estimate of drug-likeness (QED) is 0.208. The topological polar surface area (TPSA) is 31.0 Å². The van der Waals surface area contributed by atoms with Crippen molar-refractivity contribution in [3.8, 4) is 16.9 Å². The van der Waals surface area contributed by atoms with Gasteiger partial charge in [-0.1, -0.05) is 91.0 Å². The predicted molar refractivity (Wildman–Crippen MR) is 182 cm³/mol. The van der Waals surface area contributed by atoms with Crippen molar-refractivity contribution in [2.24, 2.45) is 0 Å². The van der Waals surface area contributed by atoms with Gasteiger partial charge in [-0.3, -0.25) is 4.57 Å². The first-order valence-electron chi connectivity index (χ1n) is 14.5. The van der Waals surface area contributed by atoms with Crippen LogP contribution < -0.4 is 0 Å². The second kappa shape index (κ2) is 8.54. The molecule has 4 heteroatoms. The van der Waals surface area contributed by atoms with Crippen molar-refractivity contribution >= 4 is 86.2 Å². The summed E-state index contributed by atoms with van der Waals surface area (Å²) in [5.74, 6) is 0.899. The highest BCUT2D eigenvalue weighted by Gasteiger charge is 2.21. The summed E-state index contributed by atoms with van der Waals surface area (Å²) in [6.07, 6.45) is 0. The van der Waals surface area contributed by atoms with E-state index in [0.717, 1.165) is 49.7 Å². The molecule has 4 heterocycles. The molecule has 0 saturated heterocycles. The third-order valence-electron chi connectivity index (χ3n) is 8.80. The lowest BCUT2D eigenvalue weighted by Gasteiger charge is -2.14. The molecule has 4 aromatic heterocycles. The molecule has 10 rings (SSSR count). The van der Waals surface area contributed by atoms with Crippen LogP contribution in [0.15, 0.2) is 138 Å². The summed E-state index contributed by atoms with van der Waals surface area (Å²) >= 11 is 1.86. The van der Waals surface area contributed by atoms with Crippen LogP contribution in [0.1, 0.15) is 0 Å². The summed E-state index contributed by atoms with van der Waals surface area (Å²) in [5, 5.41) is 8.38. The monoisotopic (exact) mass is 566 g/mol. The minimum Gasteiger partial charge on any atom is -0.456 e. The van der Waals surface area contributed by atoms with E-state index in [1.807, 2.05) is 23.5 Å². The van der Waals surface area contributed by atoms with Crippen LogP contribution in [0.25, 0.3) is 91.8 Å². The first-order chi connectivity index (χ1) is 21.3. The highest BCUT2D eigenvalue weighted by molar-refractivity contribution is 7.26. The van der Waals surface area contributed by atoms with E-state index >= 15 is 0 Å². The average molecular weight is 567 g/mol. The fourth-order valence-corrected chi connectivity index (χ4v) is 8.19. The molecular formula is C39H22N2OS. The molecule has 0 aliphatic heterocycles. The summed E-state index contributed by atoms with van der Waals surface area (Å²) in [7, 11) is 0. The third-order valence-corrected chi connectivity index (χ3v) is 10.0. The molecule has 3 nitrogen and oxygen atoms in total. The van der Waals surface area contributed by atoms with Crippen LogP contribution in [0.2, 0.25) is 0 Å². The lowest BCUT2D eigenvalue weighted by atomic mass is 9.99. The molecule has 6 aromatic carbocycles. The first-order valence-corrected chi connectivity index (χ1v) is 15.3. The van der Waals surface area contributed by atoms with E-state index in [2.05, 4.69) is 126 Å². The number of hydrogen-bond donors (Lipinski definition) is 0. The number of para-hydroxylation sites is 3. The highest BCUT2D eigenvalue weighted by Crippen LogP contribution is 2.44. The van der Waals surface area contributed by atoms with Crippen molar-refractivity contribution in [3.05, 3.63) is 133 Å². The van der Waals surface area contributed by atoms with Crippen molar-refractivity contribution in [1.82, 2.24) is 9.55 Å². The van der Waals surface area contributed by atoms with Gasteiger partial charge in [-0.05, 0) is 48.0 Å².